The fraction of sp³-hybridized carbons (Fsp3) is 0.588. The van der Waals surface area contributed by atoms with Crippen molar-refractivity contribution in [2.24, 2.45) is 0 Å². The molecule has 1 fully saturated rings. The van der Waals surface area contributed by atoms with Crippen molar-refractivity contribution < 1.29 is 5.11 Å². The normalized spacial score (nSPS) is 18.0. The van der Waals surface area contributed by atoms with Crippen LogP contribution in [-0.4, -0.2) is 33.1 Å². The van der Waals surface area contributed by atoms with E-state index in [9.17, 15) is 5.11 Å². The molecule has 0 aliphatic heterocycles. The van der Waals surface area contributed by atoms with Crippen molar-refractivity contribution in [3.63, 3.8) is 0 Å². The minimum atomic E-state index is -0.107. The minimum absolute atomic E-state index is 0.107. The van der Waals surface area contributed by atoms with Crippen molar-refractivity contribution in [1.82, 2.24) is 15.1 Å². The number of aliphatic hydroxyl groups excluding tert-OH is 1. The van der Waals surface area contributed by atoms with Crippen LogP contribution in [0, 0.1) is 0 Å². The molecule has 0 saturated heterocycles. The highest BCUT2D eigenvalue weighted by atomic mass is 16.3. The molecule has 21 heavy (non-hydrogen) atoms. The lowest BCUT2D eigenvalue weighted by atomic mass is 9.91. The Labute approximate surface area is 126 Å². The molecule has 0 spiro atoms. The summed E-state index contributed by atoms with van der Waals surface area (Å²) in [7, 11) is 0. The first-order valence-electron chi connectivity index (χ1n) is 8.05. The SMILES string of the molecule is CCC(CO)(CCCn1ncc2ccccc21)NC1CC1. The van der Waals surface area contributed by atoms with Gasteiger partial charge < -0.3 is 10.4 Å². The number of nitrogens with zero attached hydrogens (tertiary/aromatic N) is 2. The molecule has 2 aromatic rings. The third kappa shape index (κ3) is 3.27. The molecule has 1 aromatic carbocycles. The average molecular weight is 287 g/mol. The molecule has 0 amide bonds. The topological polar surface area (TPSA) is 50.1 Å². The Morgan fingerprint density at radius 3 is 2.90 bits per heavy atom. The highest BCUT2D eigenvalue weighted by Crippen LogP contribution is 2.27. The molecule has 1 heterocycles. The summed E-state index contributed by atoms with van der Waals surface area (Å²) in [5.41, 5.74) is 1.09. The smallest absolute Gasteiger partial charge is 0.0682 e. The first-order chi connectivity index (χ1) is 10.3. The van der Waals surface area contributed by atoms with E-state index >= 15 is 0 Å². The number of rotatable bonds is 8. The van der Waals surface area contributed by atoms with Gasteiger partial charge in [-0.05, 0) is 38.2 Å². The van der Waals surface area contributed by atoms with Crippen molar-refractivity contribution in [3.8, 4) is 0 Å². The van der Waals surface area contributed by atoms with Gasteiger partial charge in [-0.1, -0.05) is 25.1 Å². The van der Waals surface area contributed by atoms with E-state index in [2.05, 4.69) is 40.2 Å². The van der Waals surface area contributed by atoms with E-state index in [-0.39, 0.29) is 12.1 Å². The highest BCUT2D eigenvalue weighted by Gasteiger charge is 2.33. The second kappa shape index (κ2) is 6.16. The van der Waals surface area contributed by atoms with Crippen LogP contribution in [0.3, 0.4) is 0 Å². The maximum Gasteiger partial charge on any atom is 0.0682 e. The first-order valence-corrected chi connectivity index (χ1v) is 8.05. The minimum Gasteiger partial charge on any atom is -0.394 e. The van der Waals surface area contributed by atoms with Gasteiger partial charge in [-0.2, -0.15) is 5.10 Å². The van der Waals surface area contributed by atoms with Crippen molar-refractivity contribution in [3.05, 3.63) is 30.5 Å². The zero-order chi connectivity index (χ0) is 14.7. The van der Waals surface area contributed by atoms with Gasteiger partial charge in [0.1, 0.15) is 0 Å². The third-order valence-electron chi connectivity index (χ3n) is 4.64. The zero-order valence-corrected chi connectivity index (χ0v) is 12.8. The summed E-state index contributed by atoms with van der Waals surface area (Å²) < 4.78 is 2.07. The van der Waals surface area contributed by atoms with Crippen LogP contribution in [-0.2, 0) is 6.54 Å². The van der Waals surface area contributed by atoms with Gasteiger partial charge in [-0.3, -0.25) is 4.68 Å². The van der Waals surface area contributed by atoms with Gasteiger partial charge in [0.15, 0.2) is 0 Å². The summed E-state index contributed by atoms with van der Waals surface area (Å²) in [6.45, 7) is 3.29. The first kappa shape index (κ1) is 14.5. The van der Waals surface area contributed by atoms with E-state index in [1.165, 1.54) is 23.7 Å². The summed E-state index contributed by atoms with van der Waals surface area (Å²) >= 11 is 0. The lowest BCUT2D eigenvalue weighted by molar-refractivity contribution is 0.140. The number of aliphatic hydroxyl groups is 1. The predicted octanol–water partition coefficient (Wildman–Crippen LogP) is 2.71. The quantitative estimate of drug-likeness (QED) is 0.785. The van der Waals surface area contributed by atoms with Gasteiger partial charge in [0, 0.05) is 23.5 Å². The van der Waals surface area contributed by atoms with Crippen molar-refractivity contribution >= 4 is 10.9 Å². The number of benzene rings is 1. The van der Waals surface area contributed by atoms with Gasteiger partial charge in [0.25, 0.3) is 0 Å². The monoisotopic (exact) mass is 287 g/mol. The Bertz CT molecular complexity index is 584. The number of hydrogen-bond donors (Lipinski definition) is 2. The number of fused-ring (bicyclic) bond motifs is 1. The maximum atomic E-state index is 9.80. The van der Waals surface area contributed by atoms with Crippen LogP contribution in [0.15, 0.2) is 30.5 Å². The second-order valence-electron chi connectivity index (χ2n) is 6.24. The number of aromatic nitrogens is 2. The molecule has 1 unspecified atom stereocenters. The Morgan fingerprint density at radius 1 is 1.38 bits per heavy atom. The summed E-state index contributed by atoms with van der Waals surface area (Å²) in [5.74, 6) is 0. The van der Waals surface area contributed by atoms with Gasteiger partial charge in [0.2, 0.25) is 0 Å². The molecule has 0 radical (unpaired) electrons. The van der Waals surface area contributed by atoms with Crippen LogP contribution in [0.4, 0.5) is 0 Å². The third-order valence-corrected chi connectivity index (χ3v) is 4.64. The van der Waals surface area contributed by atoms with Gasteiger partial charge >= 0.3 is 0 Å². The van der Waals surface area contributed by atoms with E-state index in [0.717, 1.165) is 25.8 Å². The number of aryl methyl sites for hydroxylation is 1. The Balaban J connectivity index is 1.61. The van der Waals surface area contributed by atoms with E-state index in [0.29, 0.717) is 6.04 Å². The molecule has 1 aromatic heterocycles. The molecule has 0 bridgehead atoms. The van der Waals surface area contributed by atoms with Gasteiger partial charge in [-0.15, -0.1) is 0 Å². The average Bonchev–Trinajstić information content (AvgIpc) is 3.25. The number of para-hydroxylation sites is 1. The van der Waals surface area contributed by atoms with Crippen LogP contribution >= 0.6 is 0 Å². The van der Waals surface area contributed by atoms with Crippen LogP contribution in [0.25, 0.3) is 10.9 Å². The van der Waals surface area contributed by atoms with Gasteiger partial charge in [0.05, 0.1) is 18.3 Å². The largest absolute Gasteiger partial charge is 0.394 e. The summed E-state index contributed by atoms with van der Waals surface area (Å²) in [6.07, 6.45) is 7.43. The molecule has 1 aliphatic rings. The fourth-order valence-corrected chi connectivity index (χ4v) is 3.02. The van der Waals surface area contributed by atoms with E-state index in [1.807, 2.05) is 12.3 Å². The lowest BCUT2D eigenvalue weighted by Crippen LogP contribution is -2.49. The molecule has 1 saturated carbocycles. The molecule has 2 N–H and O–H groups in total. The summed E-state index contributed by atoms with van der Waals surface area (Å²) in [4.78, 5) is 0. The molecule has 1 aliphatic carbocycles. The molecule has 1 atom stereocenters. The molecular weight excluding hydrogens is 262 g/mol. The van der Waals surface area contributed by atoms with Crippen molar-refractivity contribution in [2.45, 2.75) is 57.2 Å². The Morgan fingerprint density at radius 2 is 2.19 bits per heavy atom. The number of nitrogens with one attached hydrogen (secondary N) is 1. The van der Waals surface area contributed by atoms with E-state index in [4.69, 9.17) is 0 Å². The van der Waals surface area contributed by atoms with E-state index in [1.54, 1.807) is 0 Å². The Hall–Kier alpha value is -1.39. The zero-order valence-electron chi connectivity index (χ0n) is 12.8. The van der Waals surface area contributed by atoms with Crippen LogP contribution < -0.4 is 5.32 Å². The fourth-order valence-electron chi connectivity index (χ4n) is 3.02. The lowest BCUT2D eigenvalue weighted by Gasteiger charge is -2.32. The van der Waals surface area contributed by atoms with Gasteiger partial charge in [-0.25, -0.2) is 0 Å². The van der Waals surface area contributed by atoms with Crippen LogP contribution in [0.5, 0.6) is 0 Å². The Kier molecular flexibility index (Phi) is 4.27. The maximum absolute atomic E-state index is 9.80. The van der Waals surface area contributed by atoms with Crippen LogP contribution in [0.2, 0.25) is 0 Å². The molecular formula is C17H25N3O. The van der Waals surface area contributed by atoms with Crippen molar-refractivity contribution in [1.29, 1.82) is 0 Å². The molecule has 3 rings (SSSR count). The molecule has 4 nitrogen and oxygen atoms in total. The standard InChI is InChI=1S/C17H25N3O/c1-2-17(13-21,19-15-8-9-15)10-5-11-20-16-7-4-3-6-14(16)12-18-20/h3-4,6-7,12,15,19,21H,2,5,8-11,13H2,1H3. The molecule has 114 valence electrons. The second-order valence-corrected chi connectivity index (χ2v) is 6.24. The van der Waals surface area contributed by atoms with Crippen LogP contribution in [0.1, 0.15) is 39.0 Å². The molecule has 4 heteroatoms. The summed E-state index contributed by atoms with van der Waals surface area (Å²) in [6, 6.07) is 8.94. The van der Waals surface area contributed by atoms with E-state index < -0.39 is 0 Å². The summed E-state index contributed by atoms with van der Waals surface area (Å²) in [5, 5.41) is 19.1. The highest BCUT2D eigenvalue weighted by molar-refractivity contribution is 5.78. The number of hydrogen-bond acceptors (Lipinski definition) is 3. The predicted molar refractivity (Wildman–Crippen MR) is 85.2 cm³/mol. The van der Waals surface area contributed by atoms with Crippen molar-refractivity contribution in [2.75, 3.05) is 6.61 Å².